The summed E-state index contributed by atoms with van der Waals surface area (Å²) in [4.78, 5) is 25.4. The fraction of sp³-hybridized carbons (Fsp3) is 0.222. The second-order valence-electron chi connectivity index (χ2n) is 5.43. The van der Waals surface area contributed by atoms with Gasteiger partial charge in [-0.15, -0.1) is 0 Å². The van der Waals surface area contributed by atoms with Gasteiger partial charge in [-0.05, 0) is 42.3 Å². The number of amides is 2. The Bertz CT molecular complexity index is 676. The van der Waals surface area contributed by atoms with Crippen molar-refractivity contribution >= 4 is 17.5 Å². The third-order valence-corrected chi connectivity index (χ3v) is 3.43. The van der Waals surface area contributed by atoms with Crippen LogP contribution in [0.4, 0.5) is 5.69 Å². The largest absolute Gasteiger partial charge is 0.345 e. The second kappa shape index (κ2) is 6.89. The molecule has 2 aromatic rings. The van der Waals surface area contributed by atoms with Crippen molar-refractivity contribution in [2.75, 3.05) is 19.4 Å². The molecule has 0 atom stereocenters. The van der Waals surface area contributed by atoms with Crippen LogP contribution in [0.5, 0.6) is 0 Å². The lowest BCUT2D eigenvalue weighted by Crippen LogP contribution is -2.21. The molecule has 0 aliphatic heterocycles. The van der Waals surface area contributed by atoms with Gasteiger partial charge in [0.15, 0.2) is 0 Å². The van der Waals surface area contributed by atoms with Crippen LogP contribution in [-0.4, -0.2) is 30.8 Å². The molecule has 0 spiro atoms. The van der Waals surface area contributed by atoms with E-state index in [-0.39, 0.29) is 11.8 Å². The van der Waals surface area contributed by atoms with Gasteiger partial charge in [0.05, 0.1) is 6.42 Å². The summed E-state index contributed by atoms with van der Waals surface area (Å²) >= 11 is 0. The number of rotatable bonds is 4. The number of hydrogen-bond acceptors (Lipinski definition) is 2. The molecule has 0 aliphatic carbocycles. The lowest BCUT2D eigenvalue weighted by atomic mass is 10.1. The van der Waals surface area contributed by atoms with Gasteiger partial charge in [-0.25, -0.2) is 0 Å². The van der Waals surface area contributed by atoms with E-state index in [2.05, 4.69) is 5.32 Å². The molecule has 22 heavy (non-hydrogen) atoms. The number of aryl methyl sites for hydroxylation is 1. The minimum Gasteiger partial charge on any atom is -0.345 e. The second-order valence-corrected chi connectivity index (χ2v) is 5.43. The third kappa shape index (κ3) is 3.95. The molecule has 1 N–H and O–H groups in total. The van der Waals surface area contributed by atoms with Crippen molar-refractivity contribution in [1.29, 1.82) is 0 Å². The highest BCUT2D eigenvalue weighted by molar-refractivity contribution is 5.96. The van der Waals surface area contributed by atoms with Gasteiger partial charge in [0.1, 0.15) is 0 Å². The lowest BCUT2D eigenvalue weighted by molar-refractivity contribution is -0.115. The highest BCUT2D eigenvalue weighted by Crippen LogP contribution is 2.13. The summed E-state index contributed by atoms with van der Waals surface area (Å²) in [6.07, 6.45) is 0.338. The number of carbonyl (C=O) groups is 2. The van der Waals surface area contributed by atoms with Crippen molar-refractivity contribution in [3.05, 3.63) is 65.2 Å². The van der Waals surface area contributed by atoms with Crippen LogP contribution in [0.1, 0.15) is 21.5 Å². The van der Waals surface area contributed by atoms with Crippen molar-refractivity contribution in [2.45, 2.75) is 13.3 Å². The van der Waals surface area contributed by atoms with E-state index in [4.69, 9.17) is 0 Å². The van der Waals surface area contributed by atoms with Crippen molar-refractivity contribution in [1.82, 2.24) is 4.90 Å². The van der Waals surface area contributed by atoms with E-state index in [1.807, 2.05) is 31.2 Å². The average molecular weight is 296 g/mol. The Labute approximate surface area is 130 Å². The first kappa shape index (κ1) is 15.8. The predicted octanol–water partition coefficient (Wildman–Crippen LogP) is 2.88. The molecular weight excluding hydrogens is 276 g/mol. The first-order chi connectivity index (χ1) is 10.5. The highest BCUT2D eigenvalue weighted by Gasteiger charge is 2.09. The fourth-order valence-corrected chi connectivity index (χ4v) is 2.14. The molecule has 0 unspecified atom stereocenters. The van der Waals surface area contributed by atoms with Crippen LogP contribution in [0.2, 0.25) is 0 Å². The molecule has 0 radical (unpaired) electrons. The Hall–Kier alpha value is -2.62. The first-order valence-corrected chi connectivity index (χ1v) is 7.13. The minimum absolute atomic E-state index is 0.0576. The van der Waals surface area contributed by atoms with Crippen molar-refractivity contribution in [2.24, 2.45) is 0 Å². The van der Waals surface area contributed by atoms with Gasteiger partial charge < -0.3 is 10.2 Å². The first-order valence-electron chi connectivity index (χ1n) is 7.13. The molecule has 0 bridgehead atoms. The molecule has 2 amide bonds. The van der Waals surface area contributed by atoms with E-state index in [9.17, 15) is 9.59 Å². The predicted molar refractivity (Wildman–Crippen MR) is 88.0 cm³/mol. The number of nitrogens with zero attached hydrogens (tertiary/aromatic N) is 1. The molecule has 4 nitrogen and oxygen atoms in total. The van der Waals surface area contributed by atoms with E-state index in [0.717, 1.165) is 11.1 Å². The minimum atomic E-state index is -0.0685. The number of anilines is 1. The van der Waals surface area contributed by atoms with Crippen LogP contribution >= 0.6 is 0 Å². The molecule has 0 heterocycles. The van der Waals surface area contributed by atoms with E-state index >= 15 is 0 Å². The summed E-state index contributed by atoms with van der Waals surface area (Å²) < 4.78 is 0. The average Bonchev–Trinajstić information content (AvgIpc) is 2.49. The Morgan fingerprint density at radius 3 is 2.23 bits per heavy atom. The summed E-state index contributed by atoms with van der Waals surface area (Å²) in [7, 11) is 3.42. The third-order valence-electron chi connectivity index (χ3n) is 3.43. The maximum atomic E-state index is 12.1. The zero-order chi connectivity index (χ0) is 16.1. The van der Waals surface area contributed by atoms with Gasteiger partial charge in [-0.2, -0.15) is 0 Å². The zero-order valence-corrected chi connectivity index (χ0v) is 13.1. The van der Waals surface area contributed by atoms with E-state index in [0.29, 0.717) is 17.7 Å². The fourth-order valence-electron chi connectivity index (χ4n) is 2.14. The molecular formula is C18H20N2O2. The standard InChI is InChI=1S/C18H20N2O2/c1-13-6-4-5-7-15(13)12-17(21)19-16-10-8-14(9-11-16)18(22)20(2)3/h4-11H,12H2,1-3H3,(H,19,21). The lowest BCUT2D eigenvalue weighted by Gasteiger charge is -2.11. The van der Waals surface area contributed by atoms with Crippen LogP contribution in [0.3, 0.4) is 0 Å². The summed E-state index contributed by atoms with van der Waals surface area (Å²) in [6, 6.07) is 14.7. The van der Waals surface area contributed by atoms with E-state index < -0.39 is 0 Å². The summed E-state index contributed by atoms with van der Waals surface area (Å²) in [5.74, 6) is -0.126. The highest BCUT2D eigenvalue weighted by atomic mass is 16.2. The topological polar surface area (TPSA) is 49.4 Å². The molecule has 114 valence electrons. The molecule has 0 saturated heterocycles. The number of nitrogens with one attached hydrogen (secondary N) is 1. The summed E-state index contributed by atoms with van der Waals surface area (Å²) in [5, 5.41) is 2.85. The van der Waals surface area contributed by atoms with Crippen LogP contribution in [0, 0.1) is 6.92 Å². The van der Waals surface area contributed by atoms with Crippen LogP contribution < -0.4 is 5.32 Å². The molecule has 0 aliphatic rings. The van der Waals surface area contributed by atoms with Gasteiger partial charge in [-0.3, -0.25) is 9.59 Å². The van der Waals surface area contributed by atoms with Crippen LogP contribution in [-0.2, 0) is 11.2 Å². The van der Waals surface area contributed by atoms with Gasteiger partial charge in [0, 0.05) is 25.3 Å². The Morgan fingerprint density at radius 1 is 1.00 bits per heavy atom. The normalized spacial score (nSPS) is 10.1. The zero-order valence-electron chi connectivity index (χ0n) is 13.1. The van der Waals surface area contributed by atoms with Crippen LogP contribution in [0.25, 0.3) is 0 Å². The maximum Gasteiger partial charge on any atom is 0.253 e. The summed E-state index contributed by atoms with van der Waals surface area (Å²) in [5.41, 5.74) is 3.40. The molecule has 0 saturated carbocycles. The molecule has 0 aromatic heterocycles. The number of carbonyl (C=O) groups excluding carboxylic acids is 2. The van der Waals surface area contributed by atoms with Gasteiger partial charge in [0.2, 0.25) is 5.91 Å². The molecule has 0 fully saturated rings. The van der Waals surface area contributed by atoms with Crippen LogP contribution in [0.15, 0.2) is 48.5 Å². The Morgan fingerprint density at radius 2 is 1.64 bits per heavy atom. The number of hydrogen-bond donors (Lipinski definition) is 1. The molecule has 2 rings (SSSR count). The van der Waals surface area contributed by atoms with E-state index in [1.165, 1.54) is 4.90 Å². The Balaban J connectivity index is 2.00. The number of benzene rings is 2. The van der Waals surface area contributed by atoms with Crippen molar-refractivity contribution in [3.63, 3.8) is 0 Å². The van der Waals surface area contributed by atoms with Crippen molar-refractivity contribution < 1.29 is 9.59 Å². The van der Waals surface area contributed by atoms with Gasteiger partial charge >= 0.3 is 0 Å². The SMILES string of the molecule is Cc1ccccc1CC(=O)Nc1ccc(C(=O)N(C)C)cc1. The smallest absolute Gasteiger partial charge is 0.253 e. The quantitative estimate of drug-likeness (QED) is 0.943. The summed E-state index contributed by atoms with van der Waals surface area (Å²) in [6.45, 7) is 1.99. The molecule has 2 aromatic carbocycles. The van der Waals surface area contributed by atoms with Gasteiger partial charge in [-0.1, -0.05) is 24.3 Å². The molecule has 4 heteroatoms. The maximum absolute atomic E-state index is 12.1. The van der Waals surface area contributed by atoms with E-state index in [1.54, 1.807) is 38.4 Å². The monoisotopic (exact) mass is 296 g/mol. The van der Waals surface area contributed by atoms with Crippen molar-refractivity contribution in [3.8, 4) is 0 Å². The Kier molecular flexibility index (Phi) is 4.94. The van der Waals surface area contributed by atoms with Gasteiger partial charge in [0.25, 0.3) is 5.91 Å².